The number of rotatable bonds is 9. The summed E-state index contributed by atoms with van der Waals surface area (Å²) in [5, 5.41) is 13.5. The van der Waals surface area contributed by atoms with E-state index < -0.39 is 16.9 Å². The van der Waals surface area contributed by atoms with Crippen LogP contribution in [0.2, 0.25) is 5.02 Å². The SMILES string of the molecule is CN(CC(C)(C)CO)C(=O)Cn1c(=O)c(C(=O)NCc2ccc(Cl)cc2)cc2ccc(-n3ccnc3)nc21. The number of halogens is 1. The zero-order valence-electron chi connectivity index (χ0n) is 21.4. The number of pyridine rings is 2. The van der Waals surface area contributed by atoms with Gasteiger partial charge >= 0.3 is 0 Å². The molecule has 0 aliphatic heterocycles. The molecule has 2 amide bonds. The van der Waals surface area contributed by atoms with E-state index in [1.807, 2.05) is 13.8 Å². The van der Waals surface area contributed by atoms with Crippen molar-refractivity contribution in [3.63, 3.8) is 0 Å². The van der Waals surface area contributed by atoms with E-state index in [1.54, 1.807) is 66.7 Å². The summed E-state index contributed by atoms with van der Waals surface area (Å²) >= 11 is 5.93. The molecule has 0 bridgehead atoms. The van der Waals surface area contributed by atoms with Crippen LogP contribution in [0.3, 0.4) is 0 Å². The van der Waals surface area contributed by atoms with Crippen LogP contribution in [0.1, 0.15) is 29.8 Å². The van der Waals surface area contributed by atoms with Gasteiger partial charge in [-0.3, -0.25) is 23.5 Å². The first-order valence-corrected chi connectivity index (χ1v) is 12.4. The maximum atomic E-state index is 13.6. The monoisotopic (exact) mass is 536 g/mol. The van der Waals surface area contributed by atoms with Crippen molar-refractivity contribution in [3.8, 4) is 5.82 Å². The van der Waals surface area contributed by atoms with E-state index in [2.05, 4.69) is 15.3 Å². The predicted octanol–water partition coefficient (Wildman–Crippen LogP) is 2.64. The molecule has 38 heavy (non-hydrogen) atoms. The lowest BCUT2D eigenvalue weighted by Crippen LogP contribution is -2.41. The quantitative estimate of drug-likeness (QED) is 0.339. The summed E-state index contributed by atoms with van der Waals surface area (Å²) in [5.41, 5.74) is -0.176. The van der Waals surface area contributed by atoms with Gasteiger partial charge in [-0.15, -0.1) is 0 Å². The summed E-state index contributed by atoms with van der Waals surface area (Å²) in [5.74, 6) is -0.421. The number of carbonyl (C=O) groups excluding carboxylic acids is 2. The average Bonchev–Trinajstić information content (AvgIpc) is 3.44. The van der Waals surface area contributed by atoms with Crippen molar-refractivity contribution in [1.82, 2.24) is 29.3 Å². The molecule has 0 fully saturated rings. The Balaban J connectivity index is 1.72. The summed E-state index contributed by atoms with van der Waals surface area (Å²) in [4.78, 5) is 50.0. The highest BCUT2D eigenvalue weighted by Gasteiger charge is 2.24. The molecule has 0 aliphatic rings. The van der Waals surface area contributed by atoms with Gasteiger partial charge < -0.3 is 15.3 Å². The van der Waals surface area contributed by atoms with E-state index in [0.717, 1.165) is 5.56 Å². The standard InChI is InChI=1S/C27H29ClN6O4/c1-27(2,16-35)15-32(3)23(36)14-34-24-19(6-9-22(31-24)33-11-10-29-17-33)12-21(26(34)38)25(37)30-13-18-4-7-20(28)8-5-18/h4-12,17,35H,13-16H2,1-3H3,(H,30,37). The third-order valence-corrected chi connectivity index (χ3v) is 6.37. The van der Waals surface area contributed by atoms with Gasteiger partial charge in [0.15, 0.2) is 0 Å². The summed E-state index contributed by atoms with van der Waals surface area (Å²) in [6, 6.07) is 12.0. The van der Waals surface area contributed by atoms with E-state index in [4.69, 9.17) is 11.6 Å². The summed E-state index contributed by atoms with van der Waals surface area (Å²) < 4.78 is 2.90. The Morgan fingerprint density at radius 3 is 2.55 bits per heavy atom. The zero-order valence-corrected chi connectivity index (χ0v) is 22.1. The van der Waals surface area contributed by atoms with Crippen LogP contribution in [-0.4, -0.2) is 61.1 Å². The highest BCUT2D eigenvalue weighted by atomic mass is 35.5. The van der Waals surface area contributed by atoms with E-state index in [0.29, 0.717) is 16.2 Å². The molecule has 198 valence electrons. The lowest BCUT2D eigenvalue weighted by molar-refractivity contribution is -0.132. The number of carbonyl (C=O) groups is 2. The minimum atomic E-state index is -0.635. The molecule has 0 unspecified atom stereocenters. The second-order valence-electron chi connectivity index (χ2n) is 9.88. The van der Waals surface area contributed by atoms with E-state index in [-0.39, 0.29) is 43.4 Å². The Hall–Kier alpha value is -4.02. The topological polar surface area (TPSA) is 122 Å². The molecule has 3 heterocycles. The maximum absolute atomic E-state index is 13.6. The number of nitrogens with zero attached hydrogens (tertiary/aromatic N) is 5. The molecule has 1 aromatic carbocycles. The van der Waals surface area contributed by atoms with Gasteiger partial charge in [0.2, 0.25) is 5.91 Å². The number of likely N-dealkylation sites (N-methyl/N-ethyl adjacent to an activating group) is 1. The lowest BCUT2D eigenvalue weighted by atomic mass is 9.94. The second-order valence-corrected chi connectivity index (χ2v) is 10.3. The number of aliphatic hydroxyl groups excluding tert-OH is 1. The molecule has 4 aromatic rings. The van der Waals surface area contributed by atoms with Gasteiger partial charge in [-0.05, 0) is 35.9 Å². The van der Waals surface area contributed by atoms with Crippen molar-refractivity contribution in [2.45, 2.75) is 26.9 Å². The van der Waals surface area contributed by atoms with Crippen molar-refractivity contribution in [2.24, 2.45) is 5.41 Å². The second kappa shape index (κ2) is 11.2. The number of aliphatic hydroxyl groups is 1. The number of aromatic nitrogens is 4. The third-order valence-electron chi connectivity index (χ3n) is 6.11. The van der Waals surface area contributed by atoms with Crippen LogP contribution >= 0.6 is 11.6 Å². The van der Waals surface area contributed by atoms with Crippen molar-refractivity contribution in [1.29, 1.82) is 0 Å². The fourth-order valence-corrected chi connectivity index (χ4v) is 4.13. The third kappa shape index (κ3) is 6.09. The van der Waals surface area contributed by atoms with Gasteiger partial charge in [0.05, 0.1) is 0 Å². The van der Waals surface area contributed by atoms with Crippen LogP contribution in [-0.2, 0) is 17.9 Å². The first-order valence-electron chi connectivity index (χ1n) is 12.0. The van der Waals surface area contributed by atoms with Crippen molar-refractivity contribution in [3.05, 3.63) is 87.7 Å². The Morgan fingerprint density at radius 2 is 1.89 bits per heavy atom. The average molecular weight is 537 g/mol. The van der Waals surface area contributed by atoms with Crippen LogP contribution in [0, 0.1) is 5.41 Å². The molecule has 2 N–H and O–H groups in total. The van der Waals surface area contributed by atoms with Gasteiger partial charge in [-0.25, -0.2) is 9.97 Å². The molecular formula is C27H29ClN6O4. The van der Waals surface area contributed by atoms with Gasteiger partial charge in [0.25, 0.3) is 11.5 Å². The Bertz CT molecular complexity index is 1510. The Labute approximate surface area is 224 Å². The fourth-order valence-electron chi connectivity index (χ4n) is 4.00. The molecule has 0 spiro atoms. The largest absolute Gasteiger partial charge is 0.396 e. The smallest absolute Gasteiger partial charge is 0.265 e. The van der Waals surface area contributed by atoms with Crippen LogP contribution in [0.15, 0.2) is 66.0 Å². The maximum Gasteiger partial charge on any atom is 0.265 e. The molecule has 0 saturated carbocycles. The van der Waals surface area contributed by atoms with Crippen LogP contribution in [0.5, 0.6) is 0 Å². The molecule has 0 aliphatic carbocycles. The summed E-state index contributed by atoms with van der Waals surface area (Å²) in [6.45, 7) is 3.72. The number of nitrogens with one attached hydrogen (secondary N) is 1. The Kier molecular flexibility index (Phi) is 7.94. The molecule has 0 saturated heterocycles. The number of fused-ring (bicyclic) bond motifs is 1. The number of benzene rings is 1. The van der Waals surface area contributed by atoms with Crippen molar-refractivity contribution < 1.29 is 14.7 Å². The van der Waals surface area contributed by atoms with E-state index in [1.165, 1.54) is 15.5 Å². The normalized spacial score (nSPS) is 11.5. The minimum Gasteiger partial charge on any atom is -0.396 e. The number of hydrogen-bond acceptors (Lipinski definition) is 6. The zero-order chi connectivity index (χ0) is 27.4. The molecule has 10 nitrogen and oxygen atoms in total. The first kappa shape index (κ1) is 27.0. The number of hydrogen-bond donors (Lipinski definition) is 2. The van der Waals surface area contributed by atoms with Crippen LogP contribution < -0.4 is 10.9 Å². The van der Waals surface area contributed by atoms with Gasteiger partial charge in [-0.1, -0.05) is 37.6 Å². The fraction of sp³-hybridized carbons (Fsp3) is 0.296. The van der Waals surface area contributed by atoms with Crippen LogP contribution in [0.25, 0.3) is 16.9 Å². The lowest BCUT2D eigenvalue weighted by Gasteiger charge is -2.28. The van der Waals surface area contributed by atoms with Gasteiger partial charge in [-0.2, -0.15) is 0 Å². The summed E-state index contributed by atoms with van der Waals surface area (Å²) in [6.07, 6.45) is 4.89. The number of amides is 2. The van der Waals surface area contributed by atoms with Crippen molar-refractivity contribution in [2.75, 3.05) is 20.2 Å². The van der Waals surface area contributed by atoms with Gasteiger partial charge in [0.1, 0.15) is 29.9 Å². The molecular weight excluding hydrogens is 508 g/mol. The highest BCUT2D eigenvalue weighted by molar-refractivity contribution is 6.30. The summed E-state index contributed by atoms with van der Waals surface area (Å²) in [7, 11) is 1.61. The molecule has 11 heteroatoms. The highest BCUT2D eigenvalue weighted by Crippen LogP contribution is 2.18. The predicted molar refractivity (Wildman–Crippen MR) is 144 cm³/mol. The number of imidazole rings is 1. The molecule has 4 rings (SSSR count). The molecule has 0 atom stereocenters. The van der Waals surface area contributed by atoms with Crippen LogP contribution in [0.4, 0.5) is 0 Å². The van der Waals surface area contributed by atoms with E-state index in [9.17, 15) is 19.5 Å². The van der Waals surface area contributed by atoms with Crippen molar-refractivity contribution >= 4 is 34.4 Å². The van der Waals surface area contributed by atoms with E-state index >= 15 is 0 Å². The van der Waals surface area contributed by atoms with Gasteiger partial charge in [0, 0.05) is 55.0 Å². The molecule has 3 aromatic heterocycles. The minimum absolute atomic E-state index is 0.102. The Morgan fingerprint density at radius 1 is 1.16 bits per heavy atom. The molecule has 0 radical (unpaired) electrons. The first-order chi connectivity index (χ1) is 18.1.